The van der Waals surface area contributed by atoms with Gasteiger partial charge in [0, 0.05) is 26.3 Å². The van der Waals surface area contributed by atoms with Gasteiger partial charge in [-0.15, -0.1) is 11.3 Å². The SMILES string of the molecule is CCNC(=NCc1coc(-c2cccs2)n1)NCCCCOCC. The van der Waals surface area contributed by atoms with E-state index in [2.05, 4.69) is 27.5 Å². The van der Waals surface area contributed by atoms with E-state index in [4.69, 9.17) is 9.15 Å². The van der Waals surface area contributed by atoms with E-state index < -0.39 is 0 Å². The van der Waals surface area contributed by atoms with Crippen molar-refractivity contribution in [3.8, 4) is 10.8 Å². The molecule has 0 bridgehead atoms. The predicted octanol–water partition coefficient (Wildman–Crippen LogP) is 3.27. The molecule has 2 heterocycles. The standard InChI is InChI=1S/C17H26N4O2S/c1-3-18-17(19-9-5-6-10-22-4-2)20-12-14-13-23-16(21-14)15-8-7-11-24-15/h7-8,11,13H,3-6,9-10,12H2,1-2H3,(H2,18,19,20). The number of nitrogens with one attached hydrogen (secondary N) is 2. The van der Waals surface area contributed by atoms with Crippen molar-refractivity contribution < 1.29 is 9.15 Å². The number of nitrogens with zero attached hydrogens (tertiary/aromatic N) is 2. The first-order valence-corrected chi connectivity index (χ1v) is 9.29. The van der Waals surface area contributed by atoms with E-state index in [1.54, 1.807) is 17.6 Å². The van der Waals surface area contributed by atoms with Crippen LogP contribution in [-0.4, -0.2) is 37.2 Å². The zero-order valence-electron chi connectivity index (χ0n) is 14.4. The topological polar surface area (TPSA) is 71.7 Å². The minimum atomic E-state index is 0.489. The van der Waals surface area contributed by atoms with E-state index in [1.165, 1.54) is 0 Å². The van der Waals surface area contributed by atoms with Crippen molar-refractivity contribution in [3.05, 3.63) is 29.5 Å². The van der Waals surface area contributed by atoms with Crippen LogP contribution in [0, 0.1) is 0 Å². The Balaban J connectivity index is 1.80. The van der Waals surface area contributed by atoms with Crippen LogP contribution in [0.3, 0.4) is 0 Å². The molecule has 24 heavy (non-hydrogen) atoms. The van der Waals surface area contributed by atoms with Crippen molar-refractivity contribution in [1.82, 2.24) is 15.6 Å². The second kappa shape index (κ2) is 10.8. The molecule has 0 fully saturated rings. The van der Waals surface area contributed by atoms with Crippen LogP contribution in [0.1, 0.15) is 32.4 Å². The first-order valence-electron chi connectivity index (χ1n) is 8.41. The highest BCUT2D eigenvalue weighted by atomic mass is 32.1. The maximum Gasteiger partial charge on any atom is 0.236 e. The highest BCUT2D eigenvalue weighted by molar-refractivity contribution is 7.13. The van der Waals surface area contributed by atoms with E-state index in [-0.39, 0.29) is 0 Å². The van der Waals surface area contributed by atoms with Crippen molar-refractivity contribution in [2.75, 3.05) is 26.3 Å². The van der Waals surface area contributed by atoms with Crippen molar-refractivity contribution >= 4 is 17.3 Å². The largest absolute Gasteiger partial charge is 0.443 e. The number of guanidine groups is 1. The molecule has 2 N–H and O–H groups in total. The molecule has 0 unspecified atom stereocenters. The molecule has 2 rings (SSSR count). The average molecular weight is 350 g/mol. The van der Waals surface area contributed by atoms with E-state index >= 15 is 0 Å². The quantitative estimate of drug-likeness (QED) is 0.391. The van der Waals surface area contributed by atoms with Gasteiger partial charge in [-0.1, -0.05) is 6.07 Å². The summed E-state index contributed by atoms with van der Waals surface area (Å²) in [6.45, 7) is 7.85. The lowest BCUT2D eigenvalue weighted by Gasteiger charge is -2.10. The zero-order chi connectivity index (χ0) is 17.0. The highest BCUT2D eigenvalue weighted by Gasteiger charge is 2.07. The van der Waals surface area contributed by atoms with Gasteiger partial charge in [-0.3, -0.25) is 0 Å². The Hall–Kier alpha value is -1.86. The Morgan fingerprint density at radius 2 is 2.25 bits per heavy atom. The number of thiophene rings is 1. The van der Waals surface area contributed by atoms with Gasteiger partial charge in [-0.05, 0) is 38.1 Å². The molecule has 2 aromatic heterocycles. The third-order valence-corrected chi connectivity index (χ3v) is 4.10. The fraction of sp³-hybridized carbons (Fsp3) is 0.529. The molecule has 0 atom stereocenters. The average Bonchev–Trinajstić information content (AvgIpc) is 3.26. The summed E-state index contributed by atoms with van der Waals surface area (Å²) in [5.41, 5.74) is 0.826. The van der Waals surface area contributed by atoms with Crippen LogP contribution in [-0.2, 0) is 11.3 Å². The van der Waals surface area contributed by atoms with Crippen LogP contribution < -0.4 is 10.6 Å². The number of aliphatic imine (C=N–C) groups is 1. The Morgan fingerprint density at radius 1 is 1.33 bits per heavy atom. The van der Waals surface area contributed by atoms with Gasteiger partial charge in [0.05, 0.1) is 11.4 Å². The molecule has 0 aliphatic carbocycles. The van der Waals surface area contributed by atoms with Gasteiger partial charge in [0.1, 0.15) is 12.0 Å². The molecular formula is C17H26N4O2S. The van der Waals surface area contributed by atoms with Gasteiger partial charge in [0.25, 0.3) is 0 Å². The fourth-order valence-corrected chi connectivity index (χ4v) is 2.73. The molecule has 132 valence electrons. The monoisotopic (exact) mass is 350 g/mol. The molecule has 0 aromatic carbocycles. The number of unbranched alkanes of at least 4 members (excludes halogenated alkanes) is 1. The molecule has 0 amide bonds. The summed E-state index contributed by atoms with van der Waals surface area (Å²) in [6.07, 6.45) is 3.77. The van der Waals surface area contributed by atoms with Crippen molar-refractivity contribution in [1.29, 1.82) is 0 Å². The van der Waals surface area contributed by atoms with Crippen molar-refractivity contribution in [2.24, 2.45) is 4.99 Å². The molecule has 7 heteroatoms. The molecular weight excluding hydrogens is 324 g/mol. The Labute approximate surface area is 147 Å². The van der Waals surface area contributed by atoms with E-state index in [0.29, 0.717) is 12.4 Å². The second-order valence-corrected chi connectivity index (χ2v) is 6.09. The lowest BCUT2D eigenvalue weighted by atomic mass is 10.3. The number of oxazole rings is 1. The first kappa shape index (κ1) is 18.5. The maximum absolute atomic E-state index is 5.51. The summed E-state index contributed by atoms with van der Waals surface area (Å²) in [5.74, 6) is 1.46. The highest BCUT2D eigenvalue weighted by Crippen LogP contribution is 2.23. The second-order valence-electron chi connectivity index (χ2n) is 5.15. The van der Waals surface area contributed by atoms with E-state index in [0.717, 1.165) is 55.7 Å². The first-order chi connectivity index (χ1) is 11.8. The molecule has 0 saturated carbocycles. The summed E-state index contributed by atoms with van der Waals surface area (Å²) in [5, 5.41) is 8.58. The van der Waals surface area contributed by atoms with Crippen LogP contribution in [0.15, 0.2) is 33.2 Å². The molecule has 2 aromatic rings. The van der Waals surface area contributed by atoms with Crippen LogP contribution in [0.2, 0.25) is 0 Å². The third kappa shape index (κ3) is 6.33. The number of hydrogen-bond donors (Lipinski definition) is 2. The molecule has 0 aliphatic rings. The van der Waals surface area contributed by atoms with Crippen LogP contribution in [0.25, 0.3) is 10.8 Å². The van der Waals surface area contributed by atoms with Crippen molar-refractivity contribution in [3.63, 3.8) is 0 Å². The van der Waals surface area contributed by atoms with E-state index in [1.807, 2.05) is 24.4 Å². The summed E-state index contributed by atoms with van der Waals surface area (Å²) in [4.78, 5) is 10.1. The predicted molar refractivity (Wildman–Crippen MR) is 98.4 cm³/mol. The van der Waals surface area contributed by atoms with Crippen LogP contribution in [0.5, 0.6) is 0 Å². The van der Waals surface area contributed by atoms with Crippen LogP contribution in [0.4, 0.5) is 0 Å². The number of aromatic nitrogens is 1. The van der Waals surface area contributed by atoms with Gasteiger partial charge in [0.2, 0.25) is 5.89 Å². The molecule has 0 saturated heterocycles. The Bertz CT molecular complexity index is 596. The van der Waals surface area contributed by atoms with Crippen LogP contribution >= 0.6 is 11.3 Å². The normalized spacial score (nSPS) is 11.7. The third-order valence-electron chi connectivity index (χ3n) is 3.24. The van der Waals surface area contributed by atoms with Gasteiger partial charge < -0.3 is 19.8 Å². The van der Waals surface area contributed by atoms with Gasteiger partial charge >= 0.3 is 0 Å². The molecule has 0 spiro atoms. The lowest BCUT2D eigenvalue weighted by molar-refractivity contribution is 0.143. The maximum atomic E-state index is 5.51. The van der Waals surface area contributed by atoms with E-state index in [9.17, 15) is 0 Å². The Kier molecular flexibility index (Phi) is 8.34. The van der Waals surface area contributed by atoms with Gasteiger partial charge in [0.15, 0.2) is 5.96 Å². The zero-order valence-corrected chi connectivity index (χ0v) is 15.2. The number of rotatable bonds is 10. The molecule has 0 aliphatic heterocycles. The van der Waals surface area contributed by atoms with Gasteiger partial charge in [-0.2, -0.15) is 0 Å². The van der Waals surface area contributed by atoms with Gasteiger partial charge in [-0.25, -0.2) is 9.98 Å². The van der Waals surface area contributed by atoms with Crippen molar-refractivity contribution in [2.45, 2.75) is 33.2 Å². The number of hydrogen-bond acceptors (Lipinski definition) is 5. The fourth-order valence-electron chi connectivity index (χ4n) is 2.08. The molecule has 6 nitrogen and oxygen atoms in total. The summed E-state index contributed by atoms with van der Waals surface area (Å²) in [6, 6.07) is 3.98. The summed E-state index contributed by atoms with van der Waals surface area (Å²) in [7, 11) is 0. The summed E-state index contributed by atoms with van der Waals surface area (Å²) >= 11 is 1.61. The molecule has 0 radical (unpaired) electrons. The minimum absolute atomic E-state index is 0.489. The summed E-state index contributed by atoms with van der Waals surface area (Å²) < 4.78 is 10.8. The number of ether oxygens (including phenoxy) is 1. The lowest BCUT2D eigenvalue weighted by Crippen LogP contribution is -2.37. The smallest absolute Gasteiger partial charge is 0.236 e. The Morgan fingerprint density at radius 3 is 3.00 bits per heavy atom. The minimum Gasteiger partial charge on any atom is -0.443 e.